The summed E-state index contributed by atoms with van der Waals surface area (Å²) in [6.45, 7) is 7.97. The first kappa shape index (κ1) is 20.9. The summed E-state index contributed by atoms with van der Waals surface area (Å²) < 4.78 is 11.0. The SMILES string of the molecule is CCOC(=O)c1[nH]c(C)c(CN(CC2CCCO2)C(=O)C2CCCCC2)c1C. The van der Waals surface area contributed by atoms with Crippen LogP contribution in [0.2, 0.25) is 0 Å². The zero-order valence-electron chi connectivity index (χ0n) is 17.5. The number of amides is 1. The highest BCUT2D eigenvalue weighted by Gasteiger charge is 2.30. The highest BCUT2D eigenvalue weighted by molar-refractivity contribution is 5.90. The second kappa shape index (κ2) is 9.59. The summed E-state index contributed by atoms with van der Waals surface area (Å²) in [5.74, 6) is 0.0331. The van der Waals surface area contributed by atoms with E-state index in [1.165, 1.54) is 6.42 Å². The number of aromatic nitrogens is 1. The largest absolute Gasteiger partial charge is 0.461 e. The lowest BCUT2D eigenvalue weighted by molar-refractivity contribution is -0.138. The number of ether oxygens (including phenoxy) is 2. The smallest absolute Gasteiger partial charge is 0.355 e. The van der Waals surface area contributed by atoms with Gasteiger partial charge in [-0.3, -0.25) is 4.79 Å². The molecule has 2 aliphatic rings. The van der Waals surface area contributed by atoms with Gasteiger partial charge in [0.05, 0.1) is 12.7 Å². The quantitative estimate of drug-likeness (QED) is 0.717. The topological polar surface area (TPSA) is 71.6 Å². The molecule has 0 aromatic carbocycles. The van der Waals surface area contributed by atoms with Crippen LogP contribution in [0, 0.1) is 19.8 Å². The summed E-state index contributed by atoms with van der Waals surface area (Å²) in [6.07, 6.45) is 7.67. The molecule has 1 atom stereocenters. The van der Waals surface area contributed by atoms with E-state index in [-0.39, 0.29) is 23.9 Å². The first-order valence-corrected chi connectivity index (χ1v) is 10.8. The van der Waals surface area contributed by atoms with Crippen LogP contribution in [0.5, 0.6) is 0 Å². The first-order valence-electron chi connectivity index (χ1n) is 10.8. The van der Waals surface area contributed by atoms with Gasteiger partial charge in [0.15, 0.2) is 0 Å². The molecule has 0 spiro atoms. The van der Waals surface area contributed by atoms with E-state index in [1.54, 1.807) is 6.92 Å². The van der Waals surface area contributed by atoms with Crippen LogP contribution < -0.4 is 0 Å². The number of carbonyl (C=O) groups excluding carboxylic acids is 2. The molecule has 156 valence electrons. The molecule has 1 saturated heterocycles. The predicted molar refractivity (Wildman–Crippen MR) is 107 cm³/mol. The van der Waals surface area contributed by atoms with Crippen LogP contribution in [0.25, 0.3) is 0 Å². The van der Waals surface area contributed by atoms with Crippen LogP contribution >= 0.6 is 0 Å². The molecule has 28 heavy (non-hydrogen) atoms. The molecule has 1 saturated carbocycles. The van der Waals surface area contributed by atoms with Crippen molar-refractivity contribution >= 4 is 11.9 Å². The Morgan fingerprint density at radius 1 is 1.14 bits per heavy atom. The summed E-state index contributed by atoms with van der Waals surface area (Å²) >= 11 is 0. The average Bonchev–Trinajstić information content (AvgIpc) is 3.31. The number of nitrogens with one attached hydrogen (secondary N) is 1. The van der Waals surface area contributed by atoms with Crippen molar-refractivity contribution in [3.8, 4) is 0 Å². The van der Waals surface area contributed by atoms with Crippen LogP contribution in [-0.4, -0.2) is 47.6 Å². The molecule has 0 radical (unpaired) electrons. The monoisotopic (exact) mass is 390 g/mol. The van der Waals surface area contributed by atoms with Gasteiger partial charge in [0.1, 0.15) is 5.69 Å². The van der Waals surface area contributed by atoms with Gasteiger partial charge < -0.3 is 19.4 Å². The van der Waals surface area contributed by atoms with E-state index in [0.717, 1.165) is 62.0 Å². The van der Waals surface area contributed by atoms with Crippen molar-refractivity contribution in [1.82, 2.24) is 9.88 Å². The Balaban J connectivity index is 1.80. The highest BCUT2D eigenvalue weighted by Crippen LogP contribution is 2.28. The van der Waals surface area contributed by atoms with Gasteiger partial charge in [0.2, 0.25) is 5.91 Å². The summed E-state index contributed by atoms with van der Waals surface area (Å²) in [5.41, 5.74) is 3.32. The van der Waals surface area contributed by atoms with E-state index in [9.17, 15) is 9.59 Å². The zero-order chi connectivity index (χ0) is 20.1. The van der Waals surface area contributed by atoms with Crippen molar-refractivity contribution in [2.45, 2.75) is 78.4 Å². The van der Waals surface area contributed by atoms with E-state index in [2.05, 4.69) is 4.98 Å². The number of rotatable bonds is 7. The molecule has 3 rings (SSSR count). The number of aromatic amines is 1. The highest BCUT2D eigenvalue weighted by atomic mass is 16.5. The molecule has 1 unspecified atom stereocenters. The lowest BCUT2D eigenvalue weighted by Gasteiger charge is -2.31. The average molecular weight is 391 g/mol. The van der Waals surface area contributed by atoms with Gasteiger partial charge in [-0.15, -0.1) is 0 Å². The molecule has 1 aromatic rings. The molecule has 2 heterocycles. The summed E-state index contributed by atoms with van der Waals surface area (Å²) in [7, 11) is 0. The summed E-state index contributed by atoms with van der Waals surface area (Å²) in [4.78, 5) is 30.7. The van der Waals surface area contributed by atoms with Crippen LogP contribution in [0.3, 0.4) is 0 Å². The number of H-pyrrole nitrogens is 1. The second-order valence-electron chi connectivity index (χ2n) is 8.14. The standard InChI is InChI=1S/C22H34N2O4/c1-4-27-22(26)20-15(2)19(16(3)23-20)14-24(13-18-11-8-12-28-18)21(25)17-9-6-5-7-10-17/h17-18,23H,4-14H2,1-3H3. The summed E-state index contributed by atoms with van der Waals surface area (Å²) in [5, 5.41) is 0. The fraction of sp³-hybridized carbons (Fsp3) is 0.727. The number of nitrogens with zero attached hydrogens (tertiary/aromatic N) is 1. The molecule has 2 fully saturated rings. The maximum atomic E-state index is 13.3. The molecule has 6 heteroatoms. The predicted octanol–water partition coefficient (Wildman–Crippen LogP) is 3.90. The van der Waals surface area contributed by atoms with Crippen molar-refractivity contribution in [3.63, 3.8) is 0 Å². The third-order valence-corrected chi connectivity index (χ3v) is 6.14. The fourth-order valence-corrected chi connectivity index (χ4v) is 4.50. The molecular weight excluding hydrogens is 356 g/mol. The van der Waals surface area contributed by atoms with E-state index in [1.807, 2.05) is 18.7 Å². The van der Waals surface area contributed by atoms with Gasteiger partial charge in [-0.1, -0.05) is 19.3 Å². The minimum absolute atomic E-state index is 0.122. The van der Waals surface area contributed by atoms with Gasteiger partial charge in [-0.25, -0.2) is 4.79 Å². The Morgan fingerprint density at radius 3 is 2.54 bits per heavy atom. The van der Waals surface area contributed by atoms with Crippen molar-refractivity contribution < 1.29 is 19.1 Å². The van der Waals surface area contributed by atoms with Crippen molar-refractivity contribution in [3.05, 3.63) is 22.5 Å². The maximum absolute atomic E-state index is 13.3. The second-order valence-corrected chi connectivity index (χ2v) is 8.14. The number of hydrogen-bond acceptors (Lipinski definition) is 4. The lowest BCUT2D eigenvalue weighted by atomic mass is 9.88. The molecule has 1 N–H and O–H groups in total. The Morgan fingerprint density at radius 2 is 1.89 bits per heavy atom. The third kappa shape index (κ3) is 4.77. The number of aryl methyl sites for hydroxylation is 1. The summed E-state index contributed by atoms with van der Waals surface area (Å²) in [6, 6.07) is 0. The fourth-order valence-electron chi connectivity index (χ4n) is 4.50. The van der Waals surface area contributed by atoms with E-state index < -0.39 is 0 Å². The van der Waals surface area contributed by atoms with Crippen molar-refractivity contribution in [2.24, 2.45) is 5.92 Å². The van der Waals surface area contributed by atoms with E-state index in [4.69, 9.17) is 9.47 Å². The minimum Gasteiger partial charge on any atom is -0.461 e. The number of hydrogen-bond donors (Lipinski definition) is 1. The van der Waals surface area contributed by atoms with Crippen LogP contribution in [0.1, 0.15) is 79.2 Å². The first-order chi connectivity index (χ1) is 13.5. The van der Waals surface area contributed by atoms with Gasteiger partial charge in [-0.2, -0.15) is 0 Å². The number of esters is 1. The molecule has 1 aliphatic heterocycles. The van der Waals surface area contributed by atoms with Crippen LogP contribution in [0.4, 0.5) is 0 Å². The lowest BCUT2D eigenvalue weighted by Crippen LogP contribution is -2.41. The Hall–Kier alpha value is -1.82. The molecular formula is C22H34N2O4. The van der Waals surface area contributed by atoms with Gasteiger partial charge in [0.25, 0.3) is 0 Å². The van der Waals surface area contributed by atoms with E-state index >= 15 is 0 Å². The molecule has 1 aliphatic carbocycles. The van der Waals surface area contributed by atoms with Crippen molar-refractivity contribution in [1.29, 1.82) is 0 Å². The molecule has 1 amide bonds. The zero-order valence-corrected chi connectivity index (χ0v) is 17.5. The Kier molecular flexibility index (Phi) is 7.16. The number of carbonyl (C=O) groups is 2. The van der Waals surface area contributed by atoms with Crippen LogP contribution in [0.15, 0.2) is 0 Å². The normalized spacial score (nSPS) is 20.3. The Bertz CT molecular complexity index is 685. The van der Waals surface area contributed by atoms with Gasteiger partial charge >= 0.3 is 5.97 Å². The molecule has 1 aromatic heterocycles. The molecule has 6 nitrogen and oxygen atoms in total. The van der Waals surface area contributed by atoms with Crippen molar-refractivity contribution in [2.75, 3.05) is 19.8 Å². The maximum Gasteiger partial charge on any atom is 0.355 e. The van der Waals surface area contributed by atoms with E-state index in [0.29, 0.717) is 25.4 Å². The molecule has 0 bridgehead atoms. The third-order valence-electron chi connectivity index (χ3n) is 6.14. The van der Waals surface area contributed by atoms with Crippen LogP contribution in [-0.2, 0) is 20.8 Å². The Labute approximate surface area is 168 Å². The van der Waals surface area contributed by atoms with Gasteiger partial charge in [0, 0.05) is 31.3 Å². The van der Waals surface area contributed by atoms with Gasteiger partial charge in [-0.05, 0) is 57.6 Å². The minimum atomic E-state index is -0.335.